The van der Waals surface area contributed by atoms with Gasteiger partial charge >= 0.3 is 6.09 Å². The van der Waals surface area contributed by atoms with E-state index in [1.54, 1.807) is 35.2 Å². The van der Waals surface area contributed by atoms with Gasteiger partial charge in [-0.05, 0) is 24.3 Å². The number of rotatable bonds is 7. The van der Waals surface area contributed by atoms with E-state index in [0.29, 0.717) is 23.0 Å². The summed E-state index contributed by atoms with van der Waals surface area (Å²) in [4.78, 5) is 28.7. The molecule has 11 heteroatoms. The first-order chi connectivity index (χ1) is 14.9. The number of aliphatic hydroxyl groups is 1. The molecule has 2 N–H and O–H groups in total. The molecule has 0 saturated carbocycles. The van der Waals surface area contributed by atoms with Crippen molar-refractivity contribution in [2.45, 2.75) is 19.4 Å². The van der Waals surface area contributed by atoms with Gasteiger partial charge in [-0.25, -0.2) is 9.18 Å². The number of amides is 2. The maximum absolute atomic E-state index is 14.8. The van der Waals surface area contributed by atoms with E-state index in [1.165, 1.54) is 17.9 Å². The van der Waals surface area contributed by atoms with Crippen LogP contribution in [0.5, 0.6) is 0 Å². The number of halogens is 1. The van der Waals surface area contributed by atoms with Crippen molar-refractivity contribution in [3.63, 3.8) is 0 Å². The number of aliphatic hydroxyl groups excluding tert-OH is 1. The summed E-state index contributed by atoms with van der Waals surface area (Å²) < 4.78 is 26.7. The third-order valence-electron chi connectivity index (χ3n) is 4.72. The van der Waals surface area contributed by atoms with Gasteiger partial charge in [0.15, 0.2) is 0 Å². The van der Waals surface area contributed by atoms with E-state index in [4.69, 9.17) is 14.4 Å². The summed E-state index contributed by atoms with van der Waals surface area (Å²) in [6.45, 7) is 1.68. The van der Waals surface area contributed by atoms with Gasteiger partial charge in [0.1, 0.15) is 11.9 Å². The molecular formula is C20H20FN5O5. The molecule has 10 nitrogen and oxygen atoms in total. The second-order valence-corrected chi connectivity index (χ2v) is 6.98. The van der Waals surface area contributed by atoms with E-state index >= 15 is 0 Å². The molecule has 2 amide bonds. The number of carbonyl (C=O) groups is 2. The van der Waals surface area contributed by atoms with Crippen LogP contribution in [0.15, 0.2) is 41.2 Å². The zero-order chi connectivity index (χ0) is 22.0. The lowest BCUT2D eigenvalue weighted by molar-refractivity contribution is -0.119. The van der Waals surface area contributed by atoms with E-state index < -0.39 is 18.0 Å². The molecule has 1 aliphatic rings. The van der Waals surface area contributed by atoms with Crippen LogP contribution >= 0.6 is 0 Å². The standard InChI is InChI=1S/C20H20FN5O5/c1-12(28)22-9-15-11-26(20(29)30-15)14-2-3-17(16(21)8-14)25-6-4-13(10-25)19-23-18(5-7-27)31-24-19/h2-4,6,8,10,15,27H,5,7,9,11H2,1H3,(H,22,28)/t15-/m0/s1. The van der Waals surface area contributed by atoms with Crippen LogP contribution < -0.4 is 10.2 Å². The summed E-state index contributed by atoms with van der Waals surface area (Å²) in [5.41, 5.74) is 1.26. The Morgan fingerprint density at radius 2 is 2.23 bits per heavy atom. The number of carbonyl (C=O) groups excluding carboxylic acids is 2. The lowest BCUT2D eigenvalue weighted by atomic mass is 10.2. The van der Waals surface area contributed by atoms with Crippen LogP contribution in [-0.2, 0) is 16.0 Å². The number of ether oxygens (including phenoxy) is 1. The molecular weight excluding hydrogens is 409 g/mol. The zero-order valence-corrected chi connectivity index (χ0v) is 16.6. The molecule has 0 bridgehead atoms. The van der Waals surface area contributed by atoms with Crippen LogP contribution in [-0.4, -0.2) is 57.6 Å². The van der Waals surface area contributed by atoms with Crippen LogP contribution in [0, 0.1) is 5.82 Å². The van der Waals surface area contributed by atoms with Gasteiger partial charge in [0.2, 0.25) is 17.6 Å². The van der Waals surface area contributed by atoms with E-state index in [2.05, 4.69) is 15.5 Å². The number of nitrogens with zero attached hydrogens (tertiary/aromatic N) is 4. The summed E-state index contributed by atoms with van der Waals surface area (Å²) in [5, 5.41) is 15.4. The maximum Gasteiger partial charge on any atom is 0.414 e. The Hall–Kier alpha value is -3.73. The van der Waals surface area contributed by atoms with Gasteiger partial charge in [-0.15, -0.1) is 0 Å². The van der Waals surface area contributed by atoms with Crippen molar-refractivity contribution in [2.75, 3.05) is 24.6 Å². The van der Waals surface area contributed by atoms with Crippen LogP contribution in [0.3, 0.4) is 0 Å². The smallest absolute Gasteiger partial charge is 0.414 e. The molecule has 0 aliphatic carbocycles. The zero-order valence-electron chi connectivity index (χ0n) is 16.6. The Morgan fingerprint density at radius 1 is 1.39 bits per heavy atom. The fourth-order valence-corrected chi connectivity index (χ4v) is 3.22. The molecule has 0 unspecified atom stereocenters. The number of nitrogens with one attached hydrogen (secondary N) is 1. The van der Waals surface area contributed by atoms with Gasteiger partial charge in [0.05, 0.1) is 37.5 Å². The largest absolute Gasteiger partial charge is 0.442 e. The minimum atomic E-state index is -0.596. The highest BCUT2D eigenvalue weighted by Gasteiger charge is 2.32. The summed E-state index contributed by atoms with van der Waals surface area (Å²) in [6, 6.07) is 6.14. The summed E-state index contributed by atoms with van der Waals surface area (Å²) >= 11 is 0. The maximum atomic E-state index is 14.8. The topological polar surface area (TPSA) is 123 Å². The molecule has 1 aliphatic heterocycles. The van der Waals surface area contributed by atoms with Crippen molar-refractivity contribution >= 4 is 17.7 Å². The van der Waals surface area contributed by atoms with E-state index in [9.17, 15) is 14.0 Å². The second kappa shape index (κ2) is 8.56. The minimum absolute atomic E-state index is 0.0985. The normalized spacial score (nSPS) is 15.9. The van der Waals surface area contributed by atoms with Gasteiger partial charge < -0.3 is 24.3 Å². The number of hydrogen-bond donors (Lipinski definition) is 2. The van der Waals surface area contributed by atoms with Crippen molar-refractivity contribution in [3.05, 3.63) is 48.4 Å². The van der Waals surface area contributed by atoms with Crippen molar-refractivity contribution in [1.82, 2.24) is 20.0 Å². The Morgan fingerprint density at radius 3 is 2.97 bits per heavy atom. The number of aromatic nitrogens is 3. The van der Waals surface area contributed by atoms with Gasteiger partial charge in [-0.3, -0.25) is 9.69 Å². The predicted molar refractivity (Wildman–Crippen MR) is 106 cm³/mol. The molecule has 1 fully saturated rings. The van der Waals surface area contributed by atoms with Crippen molar-refractivity contribution in [2.24, 2.45) is 0 Å². The molecule has 162 valence electrons. The lowest BCUT2D eigenvalue weighted by Crippen LogP contribution is -2.33. The quantitative estimate of drug-likeness (QED) is 0.586. The third-order valence-corrected chi connectivity index (χ3v) is 4.72. The van der Waals surface area contributed by atoms with Crippen molar-refractivity contribution in [3.8, 4) is 17.1 Å². The highest BCUT2D eigenvalue weighted by molar-refractivity contribution is 5.90. The second-order valence-electron chi connectivity index (χ2n) is 6.98. The molecule has 1 aromatic carbocycles. The first-order valence-electron chi connectivity index (χ1n) is 9.59. The molecule has 31 heavy (non-hydrogen) atoms. The molecule has 1 atom stereocenters. The van der Waals surface area contributed by atoms with Gasteiger partial charge in [-0.2, -0.15) is 4.98 Å². The summed E-state index contributed by atoms with van der Waals surface area (Å²) in [5.74, 6) is -0.104. The van der Waals surface area contributed by atoms with Crippen molar-refractivity contribution < 1.29 is 28.3 Å². The molecule has 0 radical (unpaired) electrons. The first-order valence-corrected chi connectivity index (χ1v) is 9.59. The number of benzene rings is 1. The number of hydrogen-bond acceptors (Lipinski definition) is 7. The van der Waals surface area contributed by atoms with Crippen LogP contribution in [0.25, 0.3) is 17.1 Å². The summed E-state index contributed by atoms with van der Waals surface area (Å²) in [6.07, 6.45) is 2.47. The lowest BCUT2D eigenvalue weighted by Gasteiger charge is -2.14. The van der Waals surface area contributed by atoms with Gasteiger partial charge in [0.25, 0.3) is 0 Å². The molecule has 3 aromatic rings. The Kier molecular flexibility index (Phi) is 5.67. The number of cyclic esters (lactones) is 1. The monoisotopic (exact) mass is 429 g/mol. The van der Waals surface area contributed by atoms with E-state index in [-0.39, 0.29) is 37.7 Å². The summed E-state index contributed by atoms with van der Waals surface area (Å²) in [7, 11) is 0. The average molecular weight is 429 g/mol. The first kappa shape index (κ1) is 20.5. The molecule has 3 heterocycles. The van der Waals surface area contributed by atoms with Crippen LogP contribution in [0.1, 0.15) is 12.8 Å². The minimum Gasteiger partial charge on any atom is -0.442 e. The van der Waals surface area contributed by atoms with E-state index in [0.717, 1.165) is 0 Å². The Labute approximate surface area is 176 Å². The Bertz CT molecular complexity index is 1110. The highest BCUT2D eigenvalue weighted by Crippen LogP contribution is 2.27. The predicted octanol–water partition coefficient (Wildman–Crippen LogP) is 1.66. The fourth-order valence-electron chi connectivity index (χ4n) is 3.22. The molecule has 0 spiro atoms. The fraction of sp³-hybridized carbons (Fsp3) is 0.300. The van der Waals surface area contributed by atoms with Gasteiger partial charge in [-0.1, -0.05) is 5.16 Å². The highest BCUT2D eigenvalue weighted by atomic mass is 19.1. The third kappa shape index (κ3) is 4.40. The molecule has 4 rings (SSSR count). The van der Waals surface area contributed by atoms with Crippen molar-refractivity contribution in [1.29, 1.82) is 0 Å². The van der Waals surface area contributed by atoms with E-state index in [1.807, 2.05) is 0 Å². The Balaban J connectivity index is 1.50. The van der Waals surface area contributed by atoms with Crippen LogP contribution in [0.2, 0.25) is 0 Å². The molecule has 2 aromatic heterocycles. The average Bonchev–Trinajstić information content (AvgIpc) is 3.46. The number of anilines is 1. The van der Waals surface area contributed by atoms with Gasteiger partial charge in [0, 0.05) is 24.9 Å². The molecule has 1 saturated heterocycles. The van der Waals surface area contributed by atoms with Crippen LogP contribution in [0.4, 0.5) is 14.9 Å². The SMILES string of the molecule is CC(=O)NC[C@H]1CN(c2ccc(-n3ccc(-c4noc(CCO)n4)c3)c(F)c2)C(=O)O1.